The summed E-state index contributed by atoms with van der Waals surface area (Å²) in [4.78, 5) is 0.332. The van der Waals surface area contributed by atoms with Crippen molar-refractivity contribution in [1.82, 2.24) is 4.72 Å². The molecule has 0 saturated heterocycles. The third-order valence-corrected chi connectivity index (χ3v) is 5.93. The Morgan fingerprint density at radius 1 is 1.14 bits per heavy atom. The number of hydrogen-bond acceptors (Lipinski definition) is 2. The Hall–Kier alpha value is -1.13. The Morgan fingerprint density at radius 3 is 2.27 bits per heavy atom. The highest BCUT2D eigenvalue weighted by Crippen LogP contribution is 2.41. The molecule has 0 saturated carbocycles. The quantitative estimate of drug-likeness (QED) is 0.849. The van der Waals surface area contributed by atoms with Crippen molar-refractivity contribution in [3.05, 3.63) is 41.5 Å². The molecular weight excluding hydrogens is 294 g/mol. The van der Waals surface area contributed by atoms with Gasteiger partial charge in [0.2, 0.25) is 10.0 Å². The number of nitrogens with one attached hydrogen (secondary N) is 1. The van der Waals surface area contributed by atoms with Crippen LogP contribution in [0.5, 0.6) is 0 Å². The molecule has 1 aromatic rings. The second kappa shape index (κ2) is 5.82. The molecule has 0 fully saturated rings. The first-order valence-electron chi connectivity index (χ1n) is 7.86. The minimum absolute atomic E-state index is 0.0506. The molecule has 2 rings (SSSR count). The van der Waals surface area contributed by atoms with Crippen LogP contribution in [0.25, 0.3) is 0 Å². The second-order valence-corrected chi connectivity index (χ2v) is 9.19. The first-order chi connectivity index (χ1) is 10.0. The maximum Gasteiger partial charge on any atom is 0.241 e. The van der Waals surface area contributed by atoms with Gasteiger partial charge in [-0.25, -0.2) is 13.1 Å². The van der Waals surface area contributed by atoms with Gasteiger partial charge in [-0.3, -0.25) is 0 Å². The maximum atomic E-state index is 12.8. The van der Waals surface area contributed by atoms with Crippen molar-refractivity contribution in [3.8, 4) is 0 Å². The predicted octanol–water partition coefficient (Wildman–Crippen LogP) is 4.19. The van der Waals surface area contributed by atoms with E-state index in [0.717, 1.165) is 24.8 Å². The van der Waals surface area contributed by atoms with E-state index >= 15 is 0 Å². The number of rotatable bonds is 3. The standard InChI is InChI=1S/C18H27NO2S/c1-14-9-11-15(12-10-14)22(20,21)19-18(5)13-7-6-8-16(18)17(2,3)4/h8-12,19H,6-7,13H2,1-5H3. The summed E-state index contributed by atoms with van der Waals surface area (Å²) in [5.74, 6) is 0. The van der Waals surface area contributed by atoms with Crippen molar-refractivity contribution >= 4 is 10.0 Å². The van der Waals surface area contributed by atoms with Crippen LogP contribution >= 0.6 is 0 Å². The van der Waals surface area contributed by atoms with Gasteiger partial charge in [-0.1, -0.05) is 44.5 Å². The van der Waals surface area contributed by atoms with Gasteiger partial charge < -0.3 is 0 Å². The van der Waals surface area contributed by atoms with Crippen LogP contribution in [0.4, 0.5) is 0 Å². The summed E-state index contributed by atoms with van der Waals surface area (Å²) < 4.78 is 28.5. The van der Waals surface area contributed by atoms with Crippen molar-refractivity contribution in [1.29, 1.82) is 0 Å². The highest BCUT2D eigenvalue weighted by atomic mass is 32.2. The number of aryl methyl sites for hydroxylation is 1. The zero-order valence-electron chi connectivity index (χ0n) is 14.2. The van der Waals surface area contributed by atoms with Crippen molar-refractivity contribution in [2.45, 2.75) is 64.3 Å². The van der Waals surface area contributed by atoms with Gasteiger partial charge in [-0.05, 0) is 56.2 Å². The second-order valence-electron chi connectivity index (χ2n) is 7.51. The molecule has 0 bridgehead atoms. The molecule has 1 aliphatic carbocycles. The van der Waals surface area contributed by atoms with Crippen LogP contribution in [0.3, 0.4) is 0 Å². The molecule has 0 aliphatic heterocycles. The minimum Gasteiger partial charge on any atom is -0.207 e. The van der Waals surface area contributed by atoms with Crippen molar-refractivity contribution in [2.75, 3.05) is 0 Å². The van der Waals surface area contributed by atoms with E-state index in [1.165, 1.54) is 5.57 Å². The van der Waals surface area contributed by atoms with Crippen LogP contribution in [-0.4, -0.2) is 14.0 Å². The van der Waals surface area contributed by atoms with E-state index in [9.17, 15) is 8.42 Å². The molecule has 1 aromatic carbocycles. The highest BCUT2D eigenvalue weighted by Gasteiger charge is 2.40. The molecule has 122 valence electrons. The molecule has 0 amide bonds. The smallest absolute Gasteiger partial charge is 0.207 e. The monoisotopic (exact) mass is 321 g/mol. The molecule has 0 radical (unpaired) electrons. The molecule has 1 N–H and O–H groups in total. The van der Waals surface area contributed by atoms with Crippen LogP contribution in [0, 0.1) is 12.3 Å². The largest absolute Gasteiger partial charge is 0.241 e. The number of sulfonamides is 1. The lowest BCUT2D eigenvalue weighted by atomic mass is 9.70. The lowest BCUT2D eigenvalue weighted by molar-refractivity contribution is 0.331. The summed E-state index contributed by atoms with van der Waals surface area (Å²) in [7, 11) is -3.52. The zero-order valence-corrected chi connectivity index (χ0v) is 15.0. The number of benzene rings is 1. The Bertz CT molecular complexity index is 666. The molecule has 0 aromatic heterocycles. The lowest BCUT2D eigenvalue weighted by Crippen LogP contribution is -2.51. The lowest BCUT2D eigenvalue weighted by Gasteiger charge is -2.42. The van der Waals surface area contributed by atoms with Gasteiger partial charge in [-0.2, -0.15) is 0 Å². The average molecular weight is 321 g/mol. The third kappa shape index (κ3) is 3.61. The van der Waals surface area contributed by atoms with Gasteiger partial charge in [0.05, 0.1) is 10.4 Å². The summed E-state index contributed by atoms with van der Waals surface area (Å²) in [6.45, 7) is 10.4. The Labute approximate surface area is 134 Å². The highest BCUT2D eigenvalue weighted by molar-refractivity contribution is 7.89. The Morgan fingerprint density at radius 2 is 1.73 bits per heavy atom. The van der Waals surface area contributed by atoms with E-state index in [2.05, 4.69) is 31.6 Å². The summed E-state index contributed by atoms with van der Waals surface area (Å²) in [6, 6.07) is 7.01. The molecule has 1 aliphatic rings. The van der Waals surface area contributed by atoms with Crippen LogP contribution in [0.15, 0.2) is 40.8 Å². The van der Waals surface area contributed by atoms with Gasteiger partial charge in [0, 0.05) is 0 Å². The topological polar surface area (TPSA) is 46.2 Å². The molecule has 4 heteroatoms. The first kappa shape index (κ1) is 17.2. The molecule has 0 heterocycles. The predicted molar refractivity (Wildman–Crippen MR) is 91.3 cm³/mol. The minimum atomic E-state index is -3.52. The summed E-state index contributed by atoms with van der Waals surface area (Å²) in [5.41, 5.74) is 1.67. The molecule has 3 nitrogen and oxygen atoms in total. The number of allylic oxidation sites excluding steroid dienone is 1. The van der Waals surface area contributed by atoms with E-state index in [4.69, 9.17) is 0 Å². The van der Waals surface area contributed by atoms with Crippen LogP contribution in [0.1, 0.15) is 52.5 Å². The van der Waals surface area contributed by atoms with Gasteiger partial charge >= 0.3 is 0 Å². The Balaban J connectivity index is 2.36. The van der Waals surface area contributed by atoms with Crippen molar-refractivity contribution in [2.24, 2.45) is 5.41 Å². The van der Waals surface area contributed by atoms with E-state index < -0.39 is 15.6 Å². The van der Waals surface area contributed by atoms with E-state index in [0.29, 0.717) is 4.90 Å². The SMILES string of the molecule is Cc1ccc(S(=O)(=O)NC2(C)CCCC=C2C(C)(C)C)cc1. The molecule has 0 spiro atoms. The van der Waals surface area contributed by atoms with Crippen molar-refractivity contribution in [3.63, 3.8) is 0 Å². The summed E-state index contributed by atoms with van der Waals surface area (Å²) in [6.07, 6.45) is 5.07. The molecule has 1 unspecified atom stereocenters. The van der Waals surface area contributed by atoms with Gasteiger partial charge in [0.25, 0.3) is 0 Å². The Kier molecular flexibility index (Phi) is 4.56. The molecular formula is C18H27NO2S. The van der Waals surface area contributed by atoms with Gasteiger partial charge in [0.1, 0.15) is 0 Å². The van der Waals surface area contributed by atoms with Gasteiger partial charge in [0.15, 0.2) is 0 Å². The van der Waals surface area contributed by atoms with Crippen molar-refractivity contribution < 1.29 is 8.42 Å². The summed E-state index contributed by atoms with van der Waals surface area (Å²) in [5, 5.41) is 0. The normalized spacial score (nSPS) is 23.2. The molecule has 22 heavy (non-hydrogen) atoms. The average Bonchev–Trinajstić information content (AvgIpc) is 2.37. The molecule has 1 atom stereocenters. The number of hydrogen-bond donors (Lipinski definition) is 1. The zero-order chi connectivity index (χ0) is 16.6. The third-order valence-electron chi connectivity index (χ3n) is 4.32. The fraction of sp³-hybridized carbons (Fsp3) is 0.556. The van der Waals surface area contributed by atoms with Crippen LogP contribution < -0.4 is 4.72 Å². The maximum absolute atomic E-state index is 12.8. The summed E-state index contributed by atoms with van der Waals surface area (Å²) >= 11 is 0. The van der Waals surface area contributed by atoms with Crippen LogP contribution in [0.2, 0.25) is 0 Å². The first-order valence-corrected chi connectivity index (χ1v) is 9.35. The fourth-order valence-electron chi connectivity index (χ4n) is 3.37. The van der Waals surface area contributed by atoms with E-state index in [1.807, 2.05) is 26.0 Å². The van der Waals surface area contributed by atoms with E-state index in [1.54, 1.807) is 12.1 Å². The fourth-order valence-corrected chi connectivity index (χ4v) is 4.79. The van der Waals surface area contributed by atoms with Crippen LogP contribution in [-0.2, 0) is 10.0 Å². The van der Waals surface area contributed by atoms with Gasteiger partial charge in [-0.15, -0.1) is 0 Å². The van der Waals surface area contributed by atoms with E-state index in [-0.39, 0.29) is 5.41 Å².